The number of hydrogen-bond acceptors (Lipinski definition) is 11. The maximum Gasteiger partial charge on any atom is 0.408 e. The number of piperidine rings is 1. The summed E-state index contributed by atoms with van der Waals surface area (Å²) < 4.78 is 42.0. The number of ether oxygens (including phenoxy) is 3. The first-order valence-corrected chi connectivity index (χ1v) is 21.2. The number of esters is 1. The molecule has 15 heteroatoms. The molecule has 1 aliphatic carbocycles. The topological polar surface area (TPSA) is 171 Å². The maximum atomic E-state index is 13.5. The fourth-order valence-electron chi connectivity index (χ4n) is 6.98. The lowest BCUT2D eigenvalue weighted by atomic mass is 9.85. The van der Waals surface area contributed by atoms with E-state index in [1.807, 2.05) is 59.8 Å². The van der Waals surface area contributed by atoms with Crippen LogP contribution in [0, 0.1) is 11.8 Å². The molecule has 0 bridgehead atoms. The molecule has 1 saturated carbocycles. The van der Waals surface area contributed by atoms with Gasteiger partial charge in [-0.05, 0) is 83.1 Å². The van der Waals surface area contributed by atoms with Crippen LogP contribution in [0.5, 0.6) is 5.75 Å². The first-order valence-electron chi connectivity index (χ1n) is 19.1. The van der Waals surface area contributed by atoms with E-state index in [1.54, 1.807) is 27.0 Å². The summed E-state index contributed by atoms with van der Waals surface area (Å²) in [4.78, 5) is 50.2. The van der Waals surface area contributed by atoms with Crippen LogP contribution in [0.1, 0.15) is 86.0 Å². The first-order chi connectivity index (χ1) is 25.6. The molecule has 2 fully saturated rings. The van der Waals surface area contributed by atoms with Crippen LogP contribution in [0.25, 0.3) is 16.7 Å². The van der Waals surface area contributed by atoms with Gasteiger partial charge in [-0.2, -0.15) is 4.98 Å². The lowest BCUT2D eigenvalue weighted by molar-refractivity contribution is -0.156. The van der Waals surface area contributed by atoms with Crippen molar-refractivity contribution in [1.29, 1.82) is 0 Å². The normalized spacial score (nSPS) is 19.5. The van der Waals surface area contributed by atoms with E-state index in [-0.39, 0.29) is 35.6 Å². The number of rotatable bonds is 14. The number of carbonyl (C=O) groups is 3. The largest absolute Gasteiger partial charge is 0.493 e. The van der Waals surface area contributed by atoms with Crippen molar-refractivity contribution in [1.82, 2.24) is 24.8 Å². The van der Waals surface area contributed by atoms with E-state index in [4.69, 9.17) is 19.2 Å². The molecular formula is C39H56N6O8S. The Labute approximate surface area is 318 Å². The predicted molar refractivity (Wildman–Crippen MR) is 206 cm³/mol. The monoisotopic (exact) mass is 768 g/mol. The molecule has 1 saturated heterocycles. The molecule has 3 heterocycles. The summed E-state index contributed by atoms with van der Waals surface area (Å²) in [5.74, 6) is 1.48. The average Bonchev–Trinajstić information content (AvgIpc) is 3.56. The molecule has 3 aromatic rings. The van der Waals surface area contributed by atoms with Crippen molar-refractivity contribution in [3.05, 3.63) is 42.7 Å². The molecule has 5 rings (SSSR count). The van der Waals surface area contributed by atoms with Gasteiger partial charge < -0.3 is 34.3 Å². The SMILES string of the molecule is CC[C@H](C)[C@@H](NC(=O)OC(C)(C)C)C(=O)OC1CCN(C(=O)[C@H]2CC[C@H](Nc3nccc(-n4ccc5c(OCCCS(C)(=O)=O)cccc54)n3)CC2)CC1. The Morgan fingerprint density at radius 3 is 2.41 bits per heavy atom. The number of nitrogens with one attached hydrogen (secondary N) is 2. The minimum atomic E-state index is -3.04. The zero-order valence-corrected chi connectivity index (χ0v) is 33.2. The van der Waals surface area contributed by atoms with E-state index in [9.17, 15) is 22.8 Å². The van der Waals surface area contributed by atoms with Gasteiger partial charge >= 0.3 is 12.1 Å². The van der Waals surface area contributed by atoms with E-state index >= 15 is 0 Å². The molecule has 1 aliphatic heterocycles. The molecule has 296 valence electrons. The summed E-state index contributed by atoms with van der Waals surface area (Å²) in [6, 6.07) is 8.89. The Balaban J connectivity index is 1.08. The lowest BCUT2D eigenvalue weighted by Gasteiger charge is -2.36. The molecule has 2 atom stereocenters. The number of benzene rings is 1. The summed E-state index contributed by atoms with van der Waals surface area (Å²) in [7, 11) is -3.04. The molecule has 0 unspecified atom stereocenters. The van der Waals surface area contributed by atoms with Gasteiger partial charge in [-0.15, -0.1) is 0 Å². The van der Waals surface area contributed by atoms with Gasteiger partial charge in [0.15, 0.2) is 0 Å². The summed E-state index contributed by atoms with van der Waals surface area (Å²) >= 11 is 0. The minimum Gasteiger partial charge on any atom is -0.493 e. The highest BCUT2D eigenvalue weighted by Gasteiger charge is 2.35. The van der Waals surface area contributed by atoms with E-state index in [1.165, 1.54) is 6.26 Å². The molecule has 14 nitrogen and oxygen atoms in total. The molecule has 54 heavy (non-hydrogen) atoms. The van der Waals surface area contributed by atoms with Gasteiger partial charge in [-0.1, -0.05) is 26.3 Å². The summed E-state index contributed by atoms with van der Waals surface area (Å²) in [5.41, 5.74) is 0.228. The van der Waals surface area contributed by atoms with Crippen molar-refractivity contribution < 1.29 is 37.0 Å². The van der Waals surface area contributed by atoms with Crippen molar-refractivity contribution in [2.45, 2.75) is 110 Å². The first kappa shape index (κ1) is 40.8. The number of amides is 2. The van der Waals surface area contributed by atoms with Gasteiger partial charge in [0.25, 0.3) is 0 Å². The molecule has 2 amide bonds. The summed E-state index contributed by atoms with van der Waals surface area (Å²) in [6.07, 6.45) is 9.26. The second kappa shape index (κ2) is 17.8. The maximum absolute atomic E-state index is 13.5. The Kier molecular flexibility index (Phi) is 13.5. The molecule has 2 N–H and O–H groups in total. The van der Waals surface area contributed by atoms with Crippen LogP contribution in [-0.4, -0.2) is 101 Å². The highest BCUT2D eigenvalue weighted by atomic mass is 32.2. The van der Waals surface area contributed by atoms with Crippen molar-refractivity contribution in [3.63, 3.8) is 0 Å². The fourth-order valence-corrected chi connectivity index (χ4v) is 7.62. The second-order valence-electron chi connectivity index (χ2n) is 15.6. The van der Waals surface area contributed by atoms with Crippen molar-refractivity contribution in [2.75, 3.05) is 37.0 Å². The van der Waals surface area contributed by atoms with E-state index in [0.29, 0.717) is 62.9 Å². The molecule has 0 radical (unpaired) electrons. The smallest absolute Gasteiger partial charge is 0.408 e. The standard InChI is InChI=1S/C39H56N6O8S/c1-7-26(2)34(43-38(48)53-39(3,4)5)36(47)52-29-17-21-44(22-18-29)35(46)27-12-14-28(15-13-27)41-37-40-20-16-33(42-37)45-23-19-30-31(45)10-8-11-32(30)51-24-9-25-54(6,49)50/h8,10-11,16,19-20,23,26-29,34H,7,9,12-15,17-18,21-22,24-25H2,1-6H3,(H,43,48)(H,40,41,42)/t26-,27-,28-,34+/m0/s1. The number of sulfone groups is 1. The van der Waals surface area contributed by atoms with E-state index in [0.717, 1.165) is 36.6 Å². The van der Waals surface area contributed by atoms with E-state index < -0.39 is 33.5 Å². The number of likely N-dealkylation sites (tertiary alicyclic amines) is 1. The molecule has 0 spiro atoms. The average molecular weight is 769 g/mol. The van der Waals surface area contributed by atoms with Gasteiger partial charge in [-0.25, -0.2) is 23.0 Å². The molecule has 2 aromatic heterocycles. The number of fused-ring (bicyclic) bond motifs is 1. The second-order valence-corrected chi connectivity index (χ2v) is 17.9. The minimum absolute atomic E-state index is 0.0590. The Morgan fingerprint density at radius 1 is 1.02 bits per heavy atom. The third-order valence-corrected chi connectivity index (χ3v) is 11.1. The van der Waals surface area contributed by atoms with Crippen LogP contribution >= 0.6 is 0 Å². The van der Waals surface area contributed by atoms with Crippen molar-refractivity contribution in [2.24, 2.45) is 11.8 Å². The highest BCUT2D eigenvalue weighted by molar-refractivity contribution is 7.90. The summed E-state index contributed by atoms with van der Waals surface area (Å²) in [5, 5.41) is 7.08. The van der Waals surface area contributed by atoms with Crippen LogP contribution in [0.3, 0.4) is 0 Å². The Bertz CT molecular complexity index is 1860. The number of anilines is 1. The Morgan fingerprint density at radius 2 is 1.74 bits per heavy atom. The van der Waals surface area contributed by atoms with E-state index in [2.05, 4.69) is 15.6 Å². The third-order valence-electron chi connectivity index (χ3n) is 10.1. The number of alkyl carbamates (subject to hydrolysis) is 1. The van der Waals surface area contributed by atoms with Crippen LogP contribution in [0.4, 0.5) is 10.7 Å². The number of aromatic nitrogens is 3. The van der Waals surface area contributed by atoms with Crippen LogP contribution in [-0.2, 0) is 28.9 Å². The lowest BCUT2D eigenvalue weighted by Crippen LogP contribution is -2.50. The quantitative estimate of drug-likeness (QED) is 0.153. The zero-order chi connectivity index (χ0) is 39.0. The van der Waals surface area contributed by atoms with Gasteiger partial charge in [0, 0.05) is 61.9 Å². The van der Waals surface area contributed by atoms with Gasteiger partial charge in [-0.3, -0.25) is 4.79 Å². The van der Waals surface area contributed by atoms with Crippen LogP contribution in [0.2, 0.25) is 0 Å². The molecular weight excluding hydrogens is 713 g/mol. The Hall–Kier alpha value is -4.40. The van der Waals surface area contributed by atoms with Gasteiger partial charge in [0.2, 0.25) is 11.9 Å². The third kappa shape index (κ3) is 11.3. The van der Waals surface area contributed by atoms with Gasteiger partial charge in [0.1, 0.15) is 39.2 Å². The van der Waals surface area contributed by atoms with Crippen molar-refractivity contribution in [3.8, 4) is 11.6 Å². The van der Waals surface area contributed by atoms with Crippen molar-refractivity contribution >= 4 is 44.7 Å². The molecule has 2 aliphatic rings. The number of nitrogens with zero attached hydrogens (tertiary/aromatic N) is 4. The summed E-state index contributed by atoms with van der Waals surface area (Å²) in [6.45, 7) is 10.5. The number of carbonyl (C=O) groups excluding carboxylic acids is 3. The van der Waals surface area contributed by atoms with Crippen LogP contribution < -0.4 is 15.4 Å². The molecule has 1 aromatic carbocycles. The van der Waals surface area contributed by atoms with Gasteiger partial charge in [0.05, 0.1) is 17.9 Å². The zero-order valence-electron chi connectivity index (χ0n) is 32.4. The fraction of sp³-hybridized carbons (Fsp3) is 0.615. The number of hydrogen-bond donors (Lipinski definition) is 2. The predicted octanol–water partition coefficient (Wildman–Crippen LogP) is 5.68. The van der Waals surface area contributed by atoms with Crippen LogP contribution in [0.15, 0.2) is 42.7 Å². The highest BCUT2D eigenvalue weighted by Crippen LogP contribution is 2.31.